The first-order valence-corrected chi connectivity index (χ1v) is 8.72. The first kappa shape index (κ1) is 18.9. The molecule has 0 aromatic carbocycles. The van der Waals surface area contributed by atoms with Crippen LogP contribution in [-0.4, -0.2) is 50.3 Å². The Kier molecular flexibility index (Phi) is 7.66. The van der Waals surface area contributed by atoms with E-state index < -0.39 is 0 Å². The van der Waals surface area contributed by atoms with Gasteiger partial charge in [-0.15, -0.1) is 0 Å². The lowest BCUT2D eigenvalue weighted by atomic mass is 9.79. The molecule has 1 aliphatic carbocycles. The van der Waals surface area contributed by atoms with E-state index >= 15 is 0 Å². The van der Waals surface area contributed by atoms with Crippen LogP contribution in [0.3, 0.4) is 0 Å². The molecule has 0 spiro atoms. The van der Waals surface area contributed by atoms with Crippen molar-refractivity contribution in [2.75, 3.05) is 33.9 Å². The van der Waals surface area contributed by atoms with Gasteiger partial charge in [0.15, 0.2) is 0 Å². The summed E-state index contributed by atoms with van der Waals surface area (Å²) in [6, 6.07) is 0.491. The summed E-state index contributed by atoms with van der Waals surface area (Å²) < 4.78 is 5.33. The first-order valence-electron chi connectivity index (χ1n) is 8.72. The van der Waals surface area contributed by atoms with Crippen LogP contribution in [0.15, 0.2) is 0 Å². The van der Waals surface area contributed by atoms with Crippen molar-refractivity contribution < 1.29 is 4.74 Å². The van der Waals surface area contributed by atoms with Gasteiger partial charge in [-0.3, -0.25) is 0 Å². The Bertz CT molecular complexity index is 277. The van der Waals surface area contributed by atoms with Crippen LogP contribution in [0.4, 0.5) is 0 Å². The monoisotopic (exact) mass is 298 g/mol. The Hall–Kier alpha value is -0.120. The van der Waals surface area contributed by atoms with E-state index in [4.69, 9.17) is 4.74 Å². The van der Waals surface area contributed by atoms with E-state index in [1.54, 1.807) is 7.11 Å². The topological polar surface area (TPSA) is 24.5 Å². The summed E-state index contributed by atoms with van der Waals surface area (Å²) in [4.78, 5) is 2.50. The maximum Gasteiger partial charge on any atom is 0.0615 e. The second-order valence-electron chi connectivity index (χ2n) is 8.24. The Morgan fingerprint density at radius 3 is 2.19 bits per heavy atom. The Labute approximate surface area is 132 Å². The van der Waals surface area contributed by atoms with Crippen LogP contribution >= 0.6 is 0 Å². The standard InChI is InChI=1S/C18H38N2O/c1-16(13-21-6)20(5)15-18(14-19-17(2,3)4)11-9-7-8-10-12-18/h16,19H,7-15H2,1-6H3. The van der Waals surface area contributed by atoms with Crippen LogP contribution in [0.2, 0.25) is 0 Å². The molecule has 1 atom stereocenters. The van der Waals surface area contributed by atoms with E-state index in [-0.39, 0.29) is 5.54 Å². The fourth-order valence-electron chi connectivity index (χ4n) is 3.38. The van der Waals surface area contributed by atoms with Crippen molar-refractivity contribution in [3.8, 4) is 0 Å². The molecule has 0 radical (unpaired) electrons. The van der Waals surface area contributed by atoms with Crippen LogP contribution < -0.4 is 5.32 Å². The van der Waals surface area contributed by atoms with Gasteiger partial charge >= 0.3 is 0 Å². The van der Waals surface area contributed by atoms with Crippen molar-refractivity contribution in [3.05, 3.63) is 0 Å². The number of ether oxygens (including phenoxy) is 1. The van der Waals surface area contributed by atoms with Crippen LogP contribution in [0.1, 0.15) is 66.2 Å². The van der Waals surface area contributed by atoms with E-state index in [0.29, 0.717) is 11.5 Å². The fraction of sp³-hybridized carbons (Fsp3) is 1.00. The minimum atomic E-state index is 0.204. The molecule has 3 nitrogen and oxygen atoms in total. The molecule has 21 heavy (non-hydrogen) atoms. The molecule has 0 aromatic heterocycles. The SMILES string of the molecule is COCC(C)N(C)CC1(CNC(C)(C)C)CCCCCC1. The third-order valence-electron chi connectivity index (χ3n) is 4.90. The molecule has 1 rings (SSSR count). The van der Waals surface area contributed by atoms with Gasteiger partial charge in [0.1, 0.15) is 0 Å². The molecule has 1 saturated carbocycles. The lowest BCUT2D eigenvalue weighted by Gasteiger charge is -2.40. The predicted molar refractivity (Wildman–Crippen MR) is 91.9 cm³/mol. The fourth-order valence-corrected chi connectivity index (χ4v) is 3.38. The molecule has 0 bridgehead atoms. The highest BCUT2D eigenvalue weighted by Crippen LogP contribution is 2.36. The zero-order chi connectivity index (χ0) is 15.9. The van der Waals surface area contributed by atoms with Crippen LogP contribution in [0, 0.1) is 5.41 Å². The van der Waals surface area contributed by atoms with Crippen LogP contribution in [0.5, 0.6) is 0 Å². The molecule has 1 fully saturated rings. The largest absolute Gasteiger partial charge is 0.383 e. The summed E-state index contributed by atoms with van der Waals surface area (Å²) >= 11 is 0. The Morgan fingerprint density at radius 1 is 1.14 bits per heavy atom. The number of methoxy groups -OCH3 is 1. The maximum absolute atomic E-state index is 5.33. The minimum Gasteiger partial charge on any atom is -0.383 e. The number of hydrogen-bond acceptors (Lipinski definition) is 3. The zero-order valence-electron chi connectivity index (χ0n) is 15.3. The highest BCUT2D eigenvalue weighted by Gasteiger charge is 2.34. The summed E-state index contributed by atoms with van der Waals surface area (Å²) in [5, 5.41) is 3.78. The summed E-state index contributed by atoms with van der Waals surface area (Å²) in [6.07, 6.45) is 8.32. The number of likely N-dealkylation sites (N-methyl/N-ethyl adjacent to an activating group) is 1. The zero-order valence-corrected chi connectivity index (χ0v) is 15.3. The molecular formula is C18H38N2O. The quantitative estimate of drug-likeness (QED) is 0.726. The van der Waals surface area contributed by atoms with Crippen molar-refractivity contribution in [1.29, 1.82) is 0 Å². The highest BCUT2D eigenvalue weighted by atomic mass is 16.5. The summed E-state index contributed by atoms with van der Waals surface area (Å²) in [5.74, 6) is 0. The summed E-state index contributed by atoms with van der Waals surface area (Å²) in [5.41, 5.74) is 0.635. The van der Waals surface area contributed by atoms with E-state index in [2.05, 4.69) is 45.0 Å². The second-order valence-corrected chi connectivity index (χ2v) is 8.24. The molecule has 0 heterocycles. The number of nitrogens with one attached hydrogen (secondary N) is 1. The van der Waals surface area contributed by atoms with E-state index in [0.717, 1.165) is 13.2 Å². The van der Waals surface area contributed by atoms with Gasteiger partial charge in [-0.25, -0.2) is 0 Å². The normalized spacial score (nSPS) is 21.3. The number of hydrogen-bond donors (Lipinski definition) is 1. The lowest BCUT2D eigenvalue weighted by molar-refractivity contribution is 0.0693. The lowest BCUT2D eigenvalue weighted by Crippen LogP contribution is -2.50. The summed E-state index contributed by atoms with van der Waals surface area (Å²) in [6.45, 7) is 12.2. The van der Waals surface area contributed by atoms with E-state index in [1.807, 2.05) is 0 Å². The van der Waals surface area contributed by atoms with Crippen molar-refractivity contribution in [2.45, 2.75) is 77.8 Å². The van der Waals surface area contributed by atoms with Crippen molar-refractivity contribution in [3.63, 3.8) is 0 Å². The third kappa shape index (κ3) is 7.12. The van der Waals surface area contributed by atoms with E-state index in [1.165, 1.54) is 45.1 Å². The average Bonchev–Trinajstić information content (AvgIpc) is 2.62. The number of nitrogens with zero attached hydrogens (tertiary/aromatic N) is 1. The molecule has 0 saturated heterocycles. The summed E-state index contributed by atoms with van der Waals surface area (Å²) in [7, 11) is 4.06. The van der Waals surface area contributed by atoms with Crippen LogP contribution in [-0.2, 0) is 4.74 Å². The molecule has 1 aliphatic rings. The van der Waals surface area contributed by atoms with Gasteiger partial charge in [0, 0.05) is 31.8 Å². The van der Waals surface area contributed by atoms with Gasteiger partial charge in [0.2, 0.25) is 0 Å². The van der Waals surface area contributed by atoms with Gasteiger partial charge in [-0.2, -0.15) is 0 Å². The van der Waals surface area contributed by atoms with E-state index in [9.17, 15) is 0 Å². The molecule has 126 valence electrons. The number of rotatable bonds is 7. The Balaban J connectivity index is 2.70. The molecule has 0 amide bonds. The van der Waals surface area contributed by atoms with Crippen molar-refractivity contribution >= 4 is 0 Å². The smallest absolute Gasteiger partial charge is 0.0615 e. The average molecular weight is 299 g/mol. The maximum atomic E-state index is 5.33. The second kappa shape index (κ2) is 8.50. The van der Waals surface area contributed by atoms with Gasteiger partial charge in [-0.05, 0) is 53.0 Å². The minimum absolute atomic E-state index is 0.204. The molecular weight excluding hydrogens is 260 g/mol. The predicted octanol–water partition coefficient (Wildman–Crippen LogP) is 3.68. The van der Waals surface area contributed by atoms with Crippen molar-refractivity contribution in [2.24, 2.45) is 5.41 Å². The van der Waals surface area contributed by atoms with Crippen LogP contribution in [0.25, 0.3) is 0 Å². The van der Waals surface area contributed by atoms with Crippen molar-refractivity contribution in [1.82, 2.24) is 10.2 Å². The molecule has 0 aliphatic heterocycles. The molecule has 1 unspecified atom stereocenters. The van der Waals surface area contributed by atoms with Gasteiger partial charge < -0.3 is 15.0 Å². The third-order valence-corrected chi connectivity index (χ3v) is 4.90. The first-order chi connectivity index (χ1) is 9.78. The van der Waals surface area contributed by atoms with Gasteiger partial charge in [0.05, 0.1) is 6.61 Å². The van der Waals surface area contributed by atoms with Gasteiger partial charge in [0.25, 0.3) is 0 Å². The Morgan fingerprint density at radius 2 is 1.71 bits per heavy atom. The van der Waals surface area contributed by atoms with Gasteiger partial charge in [-0.1, -0.05) is 25.7 Å². The molecule has 0 aromatic rings. The molecule has 3 heteroatoms. The highest BCUT2D eigenvalue weighted by molar-refractivity contribution is 4.89. The molecule has 1 N–H and O–H groups in total.